The van der Waals surface area contributed by atoms with Gasteiger partial charge >= 0.3 is 11.9 Å². The normalized spacial score (nSPS) is 52.3. The summed E-state index contributed by atoms with van der Waals surface area (Å²) < 4.78 is 23.5. The van der Waals surface area contributed by atoms with Crippen LogP contribution in [0.4, 0.5) is 0 Å². The highest BCUT2D eigenvalue weighted by Gasteiger charge is 2.69. The van der Waals surface area contributed by atoms with Crippen LogP contribution in [0.1, 0.15) is 113 Å². The van der Waals surface area contributed by atoms with Gasteiger partial charge in [-0.25, -0.2) is 4.79 Å². The second-order valence-electron chi connectivity index (χ2n) is 20.7. The maximum atomic E-state index is 13.0. The Kier molecular flexibility index (Phi) is 10.8. The third-order valence-electron chi connectivity index (χ3n) is 17.2. The lowest BCUT2D eigenvalue weighted by atomic mass is 9.33. The van der Waals surface area contributed by atoms with Crippen LogP contribution in [0.25, 0.3) is 0 Å². The first-order valence-electron chi connectivity index (χ1n) is 20.8. The second kappa shape index (κ2) is 14.2. The predicted octanol–water partition coefficient (Wildman–Crippen LogP) is 2.97. The van der Waals surface area contributed by atoms with E-state index >= 15 is 0 Å². The smallest absolute Gasteiger partial charge is 0.335 e. The van der Waals surface area contributed by atoms with Crippen molar-refractivity contribution in [2.75, 3.05) is 6.61 Å². The lowest BCUT2D eigenvalue weighted by molar-refractivity contribution is -0.365. The molecule has 3 unspecified atom stereocenters. The molecule has 18 atom stereocenters. The molecule has 0 bridgehead atoms. The van der Waals surface area contributed by atoms with Gasteiger partial charge in [0.2, 0.25) is 0 Å². The number of hydrogen-bond acceptors (Lipinski definition) is 12. The minimum absolute atomic E-state index is 0.0231. The Morgan fingerprint density at radius 1 is 0.750 bits per heavy atom. The monoisotopic (exact) mass is 794 g/mol. The van der Waals surface area contributed by atoms with Crippen LogP contribution in [0.3, 0.4) is 0 Å². The van der Waals surface area contributed by atoms with Crippen molar-refractivity contribution < 1.29 is 69.4 Å². The SMILES string of the molecule is CC1(C)CC[C@]2(C(=O)O)CC[C@]3(C)C(=CCC4[C@@]5(C)CC[C@H](OC6O[C@H](C(=O)O)[C@@H](O)[C@H](O[C@@H]7O[C@H](CO)[C@H](O)[C@H](O)[C@H]7O)[C@H]6O)C(C)(C)C5CC[C@]43C)[C@@H]2C1. The van der Waals surface area contributed by atoms with Gasteiger partial charge in [-0.1, -0.05) is 60.1 Å². The zero-order valence-electron chi connectivity index (χ0n) is 34.0. The van der Waals surface area contributed by atoms with Crippen molar-refractivity contribution in [3.05, 3.63) is 11.6 Å². The van der Waals surface area contributed by atoms with E-state index in [0.29, 0.717) is 18.8 Å². The van der Waals surface area contributed by atoms with Crippen LogP contribution in [0, 0.1) is 50.2 Å². The highest BCUT2D eigenvalue weighted by atomic mass is 16.7. The molecule has 7 aliphatic rings. The molecule has 14 nitrogen and oxygen atoms in total. The van der Waals surface area contributed by atoms with Gasteiger partial charge in [0.1, 0.15) is 42.7 Å². The van der Waals surface area contributed by atoms with Gasteiger partial charge < -0.3 is 59.8 Å². The fourth-order valence-corrected chi connectivity index (χ4v) is 13.7. The van der Waals surface area contributed by atoms with Gasteiger partial charge in [0.25, 0.3) is 0 Å². The number of ether oxygens (including phenoxy) is 4. The minimum Gasteiger partial charge on any atom is -0.481 e. The molecule has 0 aromatic carbocycles. The van der Waals surface area contributed by atoms with Crippen molar-refractivity contribution in [1.29, 1.82) is 0 Å². The molecule has 0 radical (unpaired) electrons. The Bertz CT molecular complexity index is 1560. The number of carboxylic acid groups (broad SMARTS) is 2. The Morgan fingerprint density at radius 2 is 1.41 bits per heavy atom. The highest BCUT2D eigenvalue weighted by molar-refractivity contribution is 5.76. The molecule has 2 saturated heterocycles. The largest absolute Gasteiger partial charge is 0.481 e. The van der Waals surface area contributed by atoms with Crippen LogP contribution < -0.4 is 0 Å². The van der Waals surface area contributed by atoms with Crippen molar-refractivity contribution in [2.45, 2.75) is 180 Å². The molecule has 6 fully saturated rings. The summed E-state index contributed by atoms with van der Waals surface area (Å²) in [7, 11) is 0. The molecule has 0 aromatic rings. The Hall–Kier alpha value is -1.72. The zero-order valence-corrected chi connectivity index (χ0v) is 34.0. The minimum atomic E-state index is -1.93. The third kappa shape index (κ3) is 6.17. The van der Waals surface area contributed by atoms with Crippen LogP contribution in [0.15, 0.2) is 11.6 Å². The summed E-state index contributed by atoms with van der Waals surface area (Å²) in [5.74, 6) is -1.64. The maximum absolute atomic E-state index is 13.0. The maximum Gasteiger partial charge on any atom is 0.335 e. The van der Waals surface area contributed by atoms with E-state index in [1.54, 1.807) is 0 Å². The third-order valence-corrected chi connectivity index (χ3v) is 17.2. The van der Waals surface area contributed by atoms with Gasteiger partial charge in [0.05, 0.1) is 18.1 Å². The van der Waals surface area contributed by atoms with E-state index < -0.39 is 96.9 Å². The molecule has 4 saturated carbocycles. The summed E-state index contributed by atoms with van der Waals surface area (Å²) in [5.41, 5.74) is -0.0185. The number of allylic oxidation sites excluding steroid dienone is 2. The number of aliphatic hydroxyl groups excluding tert-OH is 6. The quantitative estimate of drug-likeness (QED) is 0.137. The van der Waals surface area contributed by atoms with Gasteiger partial charge in [0.15, 0.2) is 18.7 Å². The number of aliphatic hydroxyl groups is 6. The van der Waals surface area contributed by atoms with E-state index in [1.807, 2.05) is 0 Å². The average Bonchev–Trinajstić information content (AvgIpc) is 3.11. The van der Waals surface area contributed by atoms with Crippen LogP contribution in [-0.2, 0) is 28.5 Å². The molecule has 5 aliphatic carbocycles. The number of fused-ring (bicyclic) bond motifs is 7. The molecule has 14 heteroatoms. The molecule has 0 aromatic heterocycles. The Morgan fingerprint density at radius 3 is 2.05 bits per heavy atom. The molecular weight excluding hydrogens is 728 g/mol. The molecule has 2 aliphatic heterocycles. The summed E-state index contributed by atoms with van der Waals surface area (Å²) in [4.78, 5) is 25.4. The second-order valence-corrected chi connectivity index (χ2v) is 20.7. The molecular formula is C42H66O14. The van der Waals surface area contributed by atoms with E-state index in [4.69, 9.17) is 18.9 Å². The summed E-state index contributed by atoms with van der Waals surface area (Å²) in [5, 5.41) is 84.1. The van der Waals surface area contributed by atoms with Crippen LogP contribution in [-0.4, -0.2) is 127 Å². The fraction of sp³-hybridized carbons (Fsp3) is 0.905. The van der Waals surface area contributed by atoms with E-state index in [-0.39, 0.29) is 33.5 Å². The first-order valence-corrected chi connectivity index (χ1v) is 20.8. The number of hydrogen-bond donors (Lipinski definition) is 8. The molecule has 8 N–H and O–H groups in total. The molecule has 56 heavy (non-hydrogen) atoms. The van der Waals surface area contributed by atoms with Crippen molar-refractivity contribution in [3.8, 4) is 0 Å². The number of aliphatic carboxylic acids is 2. The molecule has 318 valence electrons. The highest BCUT2D eigenvalue weighted by Crippen LogP contribution is 2.76. The first kappa shape index (κ1) is 42.4. The first-order chi connectivity index (χ1) is 26.0. The van der Waals surface area contributed by atoms with Crippen molar-refractivity contribution in [1.82, 2.24) is 0 Å². The summed E-state index contributed by atoms with van der Waals surface area (Å²) >= 11 is 0. The van der Waals surface area contributed by atoms with E-state index in [0.717, 1.165) is 51.4 Å². The number of rotatable bonds is 7. The summed E-state index contributed by atoms with van der Waals surface area (Å²) in [6.45, 7) is 15.4. The summed E-state index contributed by atoms with van der Waals surface area (Å²) in [6, 6.07) is 0. The standard InChI is InChI=1S/C42H66O14/c1-37(2)14-16-42(36(51)52)17-15-40(6)20(21(42)18-37)8-9-24-39(5)12-11-25(38(3,4)23(39)10-13-41(24,40)7)54-35-30(48)31(29(47)32(56-35)33(49)50)55-34-28(46)27(45)26(44)22(19-43)53-34/h8,21-32,34-35,43-48H,9-19H2,1-7H3,(H,49,50)(H,51,52)/t21-,22+,23?,24?,25-,26-,27-,28+,29-,30+,31-,32-,34-,35?,39-,40+,41+,42-/m0/s1. The Balaban J connectivity index is 1.13. The van der Waals surface area contributed by atoms with Gasteiger partial charge in [-0.15, -0.1) is 0 Å². The molecule has 2 heterocycles. The van der Waals surface area contributed by atoms with Crippen LogP contribution in [0.5, 0.6) is 0 Å². The van der Waals surface area contributed by atoms with Crippen molar-refractivity contribution in [2.24, 2.45) is 50.2 Å². The van der Waals surface area contributed by atoms with Crippen molar-refractivity contribution >= 4 is 11.9 Å². The fourth-order valence-electron chi connectivity index (χ4n) is 13.7. The van der Waals surface area contributed by atoms with Gasteiger partial charge in [-0.3, -0.25) is 4.79 Å². The van der Waals surface area contributed by atoms with E-state index in [1.165, 1.54) is 5.57 Å². The number of carbonyl (C=O) groups is 2. The molecule has 7 rings (SSSR count). The Labute approximate surface area is 329 Å². The van der Waals surface area contributed by atoms with E-state index in [2.05, 4.69) is 54.5 Å². The lowest BCUT2D eigenvalue weighted by Gasteiger charge is -2.71. The van der Waals surface area contributed by atoms with Crippen LogP contribution >= 0.6 is 0 Å². The predicted molar refractivity (Wildman–Crippen MR) is 198 cm³/mol. The molecule has 0 spiro atoms. The molecule has 0 amide bonds. The number of carboxylic acids is 2. The van der Waals surface area contributed by atoms with Gasteiger partial charge in [-0.2, -0.15) is 0 Å². The summed E-state index contributed by atoms with van der Waals surface area (Å²) in [6.07, 6.45) is -7.02. The average molecular weight is 795 g/mol. The van der Waals surface area contributed by atoms with Gasteiger partial charge in [-0.05, 0) is 109 Å². The van der Waals surface area contributed by atoms with E-state index in [9.17, 15) is 50.4 Å². The van der Waals surface area contributed by atoms with Gasteiger partial charge in [0, 0.05) is 0 Å². The van der Waals surface area contributed by atoms with Crippen molar-refractivity contribution in [3.63, 3.8) is 0 Å². The zero-order chi connectivity index (χ0) is 41.1. The lowest BCUT2D eigenvalue weighted by Crippen LogP contribution is -2.67. The van der Waals surface area contributed by atoms with Crippen LogP contribution in [0.2, 0.25) is 0 Å². The topological polar surface area (TPSA) is 233 Å².